The molecule has 3 rings (SSSR count). The molecule has 1 heterocycles. The summed E-state index contributed by atoms with van der Waals surface area (Å²) in [5.74, 6) is 0. The first kappa shape index (κ1) is 11.9. The van der Waals surface area contributed by atoms with Gasteiger partial charge >= 0.3 is 0 Å². The second-order valence-electron chi connectivity index (χ2n) is 5.29. The Morgan fingerprint density at radius 1 is 1.17 bits per heavy atom. The summed E-state index contributed by atoms with van der Waals surface area (Å²) in [7, 11) is 0. The third-order valence-electron chi connectivity index (χ3n) is 4.42. The van der Waals surface area contributed by atoms with Crippen LogP contribution in [-0.2, 0) is 5.41 Å². The van der Waals surface area contributed by atoms with E-state index in [0.717, 1.165) is 0 Å². The Balaban J connectivity index is 2.00. The van der Waals surface area contributed by atoms with E-state index >= 15 is 0 Å². The van der Waals surface area contributed by atoms with Crippen LogP contribution in [0.3, 0.4) is 0 Å². The van der Waals surface area contributed by atoms with Crippen molar-refractivity contribution in [3.63, 3.8) is 0 Å². The first-order valence-electron chi connectivity index (χ1n) is 6.59. The molecule has 0 aliphatic heterocycles. The van der Waals surface area contributed by atoms with Gasteiger partial charge in [0.05, 0.1) is 0 Å². The molecule has 2 heteroatoms. The predicted molar refractivity (Wildman–Crippen MR) is 78.0 cm³/mol. The average Bonchev–Trinajstić information content (AvgIpc) is 2.75. The van der Waals surface area contributed by atoms with Crippen LogP contribution in [0.5, 0.6) is 0 Å². The van der Waals surface area contributed by atoms with Crippen molar-refractivity contribution in [3.8, 4) is 0 Å². The van der Waals surface area contributed by atoms with Crippen molar-refractivity contribution in [3.05, 3.63) is 57.8 Å². The van der Waals surface area contributed by atoms with Crippen molar-refractivity contribution < 1.29 is 0 Å². The largest absolute Gasteiger partial charge is 0.323 e. The monoisotopic (exact) mass is 257 g/mol. The summed E-state index contributed by atoms with van der Waals surface area (Å²) >= 11 is 1.80. The molecule has 1 aliphatic rings. The fraction of sp³-hybridized carbons (Fsp3) is 0.375. The molecular formula is C16H19NS. The summed E-state index contributed by atoms with van der Waals surface area (Å²) in [6.45, 7) is 2.18. The Labute approximate surface area is 113 Å². The maximum Gasteiger partial charge on any atom is 0.0404 e. The number of benzene rings is 1. The lowest BCUT2D eigenvalue weighted by atomic mass is 9.59. The molecule has 0 radical (unpaired) electrons. The fourth-order valence-electron chi connectivity index (χ4n) is 3.12. The molecule has 1 unspecified atom stereocenters. The van der Waals surface area contributed by atoms with Crippen LogP contribution < -0.4 is 5.73 Å². The Hall–Kier alpha value is -1.12. The normalized spacial score (nSPS) is 19.2. The van der Waals surface area contributed by atoms with Crippen LogP contribution in [0.2, 0.25) is 0 Å². The van der Waals surface area contributed by atoms with Crippen molar-refractivity contribution in [1.29, 1.82) is 0 Å². The quantitative estimate of drug-likeness (QED) is 0.877. The molecule has 18 heavy (non-hydrogen) atoms. The van der Waals surface area contributed by atoms with Crippen molar-refractivity contribution >= 4 is 11.3 Å². The number of aryl methyl sites for hydroxylation is 1. The second-order valence-corrected chi connectivity index (χ2v) is 6.41. The van der Waals surface area contributed by atoms with E-state index in [1.807, 2.05) is 0 Å². The van der Waals surface area contributed by atoms with Crippen molar-refractivity contribution in [2.75, 3.05) is 0 Å². The van der Waals surface area contributed by atoms with Crippen molar-refractivity contribution in [2.45, 2.75) is 37.6 Å². The number of hydrogen-bond donors (Lipinski definition) is 1. The highest BCUT2D eigenvalue weighted by Crippen LogP contribution is 2.51. The molecule has 1 atom stereocenters. The average molecular weight is 257 g/mol. The molecule has 2 aromatic rings. The molecule has 2 N–H and O–H groups in total. The molecule has 1 fully saturated rings. The summed E-state index contributed by atoms with van der Waals surface area (Å²) in [6, 6.07) is 13.2. The number of rotatable bonds is 3. The smallest absolute Gasteiger partial charge is 0.0404 e. The van der Waals surface area contributed by atoms with Gasteiger partial charge in [-0.1, -0.05) is 36.8 Å². The van der Waals surface area contributed by atoms with Crippen molar-refractivity contribution in [2.24, 2.45) is 5.73 Å². The Kier molecular flexibility index (Phi) is 3.00. The Morgan fingerprint density at radius 2 is 1.89 bits per heavy atom. The second kappa shape index (κ2) is 4.52. The first-order chi connectivity index (χ1) is 8.74. The van der Waals surface area contributed by atoms with Gasteiger partial charge in [-0.15, -0.1) is 11.3 Å². The zero-order chi connectivity index (χ0) is 12.6. The van der Waals surface area contributed by atoms with Crippen LogP contribution in [0, 0.1) is 6.92 Å². The van der Waals surface area contributed by atoms with Gasteiger partial charge in [0.15, 0.2) is 0 Å². The van der Waals surface area contributed by atoms with E-state index in [0.29, 0.717) is 0 Å². The Morgan fingerprint density at radius 3 is 2.39 bits per heavy atom. The molecule has 0 amide bonds. The van der Waals surface area contributed by atoms with Crippen molar-refractivity contribution in [1.82, 2.24) is 0 Å². The first-order valence-corrected chi connectivity index (χ1v) is 7.47. The zero-order valence-corrected chi connectivity index (χ0v) is 11.5. The van der Waals surface area contributed by atoms with Gasteiger partial charge < -0.3 is 5.73 Å². The predicted octanol–water partition coefficient (Wildman–Crippen LogP) is 4.18. The van der Waals surface area contributed by atoms with Crippen LogP contribution >= 0.6 is 11.3 Å². The number of nitrogens with two attached hydrogens (primary N) is 1. The van der Waals surface area contributed by atoms with Crippen LogP contribution in [-0.4, -0.2) is 0 Å². The lowest BCUT2D eigenvalue weighted by molar-refractivity contribution is 0.196. The van der Waals surface area contributed by atoms with Gasteiger partial charge in [-0.25, -0.2) is 0 Å². The van der Waals surface area contributed by atoms with E-state index in [-0.39, 0.29) is 11.5 Å². The summed E-state index contributed by atoms with van der Waals surface area (Å²) in [5.41, 5.74) is 9.54. The minimum absolute atomic E-state index is 0.139. The minimum Gasteiger partial charge on any atom is -0.323 e. The van der Waals surface area contributed by atoms with Crippen LogP contribution in [0.1, 0.15) is 41.3 Å². The topological polar surface area (TPSA) is 26.0 Å². The molecule has 0 bridgehead atoms. The summed E-state index contributed by atoms with van der Waals surface area (Å²) in [4.78, 5) is 1.37. The maximum atomic E-state index is 6.62. The molecular weight excluding hydrogens is 238 g/mol. The third-order valence-corrected chi connectivity index (χ3v) is 5.29. The van der Waals surface area contributed by atoms with E-state index < -0.39 is 0 Å². The summed E-state index contributed by atoms with van der Waals surface area (Å²) < 4.78 is 0. The van der Waals surface area contributed by atoms with Gasteiger partial charge in [-0.05, 0) is 42.3 Å². The molecule has 1 nitrogen and oxygen atoms in total. The van der Waals surface area contributed by atoms with E-state index in [4.69, 9.17) is 5.73 Å². The highest BCUT2D eigenvalue weighted by molar-refractivity contribution is 7.10. The van der Waals surface area contributed by atoms with Crippen LogP contribution in [0.25, 0.3) is 0 Å². The van der Waals surface area contributed by atoms with Gasteiger partial charge in [-0.3, -0.25) is 0 Å². The van der Waals surface area contributed by atoms with Gasteiger partial charge in [0.25, 0.3) is 0 Å². The van der Waals surface area contributed by atoms with Gasteiger partial charge in [0.1, 0.15) is 0 Å². The highest BCUT2D eigenvalue weighted by atomic mass is 32.1. The molecule has 94 valence electrons. The van der Waals surface area contributed by atoms with Gasteiger partial charge in [0, 0.05) is 16.3 Å². The van der Waals surface area contributed by atoms with Gasteiger partial charge in [0.2, 0.25) is 0 Å². The van der Waals surface area contributed by atoms with E-state index in [1.165, 1.54) is 35.3 Å². The Bertz CT molecular complexity index is 525. The number of thiophene rings is 1. The van der Waals surface area contributed by atoms with E-state index in [9.17, 15) is 0 Å². The lowest BCUT2D eigenvalue weighted by Crippen LogP contribution is -2.44. The molecule has 1 aromatic carbocycles. The maximum absolute atomic E-state index is 6.62. The minimum atomic E-state index is 0.139. The lowest BCUT2D eigenvalue weighted by Gasteiger charge is -2.47. The zero-order valence-electron chi connectivity index (χ0n) is 10.7. The standard InChI is InChI=1S/C16H19NS/c1-12-14(8-11-18-12)15(17)16(9-5-10-16)13-6-3-2-4-7-13/h2-4,6-8,11,15H,5,9-10,17H2,1H3. The summed E-state index contributed by atoms with van der Waals surface area (Å²) in [5, 5.41) is 2.15. The molecule has 1 aromatic heterocycles. The molecule has 1 aliphatic carbocycles. The fourth-order valence-corrected chi connectivity index (χ4v) is 3.87. The summed E-state index contributed by atoms with van der Waals surface area (Å²) in [6.07, 6.45) is 3.73. The SMILES string of the molecule is Cc1sccc1C(N)C1(c2ccccc2)CCC1. The number of hydrogen-bond acceptors (Lipinski definition) is 2. The molecule has 0 saturated heterocycles. The van der Waals surface area contributed by atoms with Crippen LogP contribution in [0.15, 0.2) is 41.8 Å². The van der Waals surface area contributed by atoms with E-state index in [2.05, 4.69) is 48.7 Å². The third kappa shape index (κ3) is 1.72. The highest BCUT2D eigenvalue weighted by Gasteiger charge is 2.44. The van der Waals surface area contributed by atoms with Crippen LogP contribution in [0.4, 0.5) is 0 Å². The molecule has 0 spiro atoms. The van der Waals surface area contributed by atoms with E-state index in [1.54, 1.807) is 11.3 Å². The molecule has 1 saturated carbocycles. The van der Waals surface area contributed by atoms with Gasteiger partial charge in [-0.2, -0.15) is 0 Å².